The Labute approximate surface area is 165 Å². The minimum atomic E-state index is 0.633. The van der Waals surface area contributed by atoms with Crippen LogP contribution in [0.4, 0.5) is 0 Å². The molecule has 1 aliphatic carbocycles. The van der Waals surface area contributed by atoms with Gasteiger partial charge in [-0.05, 0) is 55.2 Å². The van der Waals surface area contributed by atoms with Gasteiger partial charge in [-0.2, -0.15) is 0 Å². The first-order valence-electron chi connectivity index (χ1n) is 10.2. The first kappa shape index (κ1) is 17.2. The van der Waals surface area contributed by atoms with Gasteiger partial charge in [-0.25, -0.2) is 4.98 Å². The molecular formula is C25H24N2O. The Balaban J connectivity index is 1.25. The predicted octanol–water partition coefficient (Wildman–Crippen LogP) is 6.41. The molecule has 28 heavy (non-hydrogen) atoms. The summed E-state index contributed by atoms with van der Waals surface area (Å²) >= 11 is 0. The van der Waals surface area contributed by atoms with Crippen molar-refractivity contribution in [2.75, 3.05) is 0 Å². The fourth-order valence-corrected chi connectivity index (χ4v) is 4.54. The first-order chi connectivity index (χ1) is 13.9. The zero-order valence-electron chi connectivity index (χ0n) is 15.9. The Kier molecular flexibility index (Phi) is 4.66. The number of hydrogen-bond acceptors (Lipinski definition) is 3. The molecule has 0 amide bonds. The summed E-state index contributed by atoms with van der Waals surface area (Å²) < 4.78 is 5.77. The van der Waals surface area contributed by atoms with Gasteiger partial charge in [0.15, 0.2) is 5.89 Å². The number of fused-ring (bicyclic) bond motifs is 1. The third-order valence-electron chi connectivity index (χ3n) is 6.05. The lowest BCUT2D eigenvalue weighted by molar-refractivity contribution is 0.305. The number of aromatic nitrogens is 2. The number of para-hydroxylation sites is 1. The number of hydrogen-bond donors (Lipinski definition) is 0. The average Bonchev–Trinajstić information content (AvgIpc) is 3.23. The van der Waals surface area contributed by atoms with E-state index in [9.17, 15) is 0 Å². The van der Waals surface area contributed by atoms with Crippen LogP contribution >= 0.6 is 0 Å². The molecule has 3 nitrogen and oxygen atoms in total. The van der Waals surface area contributed by atoms with Crippen LogP contribution in [0.15, 0.2) is 77.5 Å². The number of rotatable bonds is 4. The lowest BCUT2D eigenvalue weighted by Gasteiger charge is -2.28. The highest BCUT2D eigenvalue weighted by Crippen LogP contribution is 2.39. The van der Waals surface area contributed by atoms with Gasteiger partial charge < -0.3 is 4.42 Å². The molecule has 0 spiro atoms. The van der Waals surface area contributed by atoms with Crippen LogP contribution in [0.25, 0.3) is 22.2 Å². The van der Waals surface area contributed by atoms with Crippen LogP contribution in [-0.2, 0) is 6.42 Å². The second kappa shape index (κ2) is 7.59. The molecule has 0 saturated heterocycles. The summed E-state index contributed by atoms with van der Waals surface area (Å²) in [5.41, 5.74) is 4.63. The number of nitrogens with zero attached hydrogens (tertiary/aromatic N) is 2. The summed E-state index contributed by atoms with van der Waals surface area (Å²) in [6.07, 6.45) is 9.60. The van der Waals surface area contributed by atoms with Gasteiger partial charge in [0.05, 0.1) is 5.52 Å². The van der Waals surface area contributed by atoms with Crippen LogP contribution in [0.5, 0.6) is 0 Å². The second-order valence-corrected chi connectivity index (χ2v) is 7.83. The molecule has 2 aromatic carbocycles. The van der Waals surface area contributed by atoms with Crippen LogP contribution in [0.1, 0.15) is 43.1 Å². The fraction of sp³-hybridized carbons (Fsp3) is 0.280. The van der Waals surface area contributed by atoms with Gasteiger partial charge in [-0.3, -0.25) is 4.98 Å². The van der Waals surface area contributed by atoms with Crippen molar-refractivity contribution in [3.63, 3.8) is 0 Å². The quantitative estimate of drug-likeness (QED) is 0.418. The normalized spacial score (nSPS) is 19.7. The highest BCUT2D eigenvalue weighted by Gasteiger charge is 2.25. The van der Waals surface area contributed by atoms with E-state index in [-0.39, 0.29) is 0 Å². The molecule has 0 bridgehead atoms. The Morgan fingerprint density at radius 2 is 1.64 bits per heavy atom. The van der Waals surface area contributed by atoms with E-state index in [4.69, 9.17) is 9.40 Å². The van der Waals surface area contributed by atoms with Gasteiger partial charge in [0.1, 0.15) is 12.0 Å². The molecule has 0 atom stereocenters. The Morgan fingerprint density at radius 3 is 2.50 bits per heavy atom. The molecule has 0 unspecified atom stereocenters. The highest BCUT2D eigenvalue weighted by molar-refractivity contribution is 5.82. The minimum Gasteiger partial charge on any atom is -0.448 e. The van der Waals surface area contributed by atoms with Gasteiger partial charge >= 0.3 is 0 Å². The summed E-state index contributed by atoms with van der Waals surface area (Å²) in [7, 11) is 0. The zero-order chi connectivity index (χ0) is 18.8. The van der Waals surface area contributed by atoms with Gasteiger partial charge in [0.2, 0.25) is 0 Å². The molecule has 1 fully saturated rings. The van der Waals surface area contributed by atoms with E-state index in [1.165, 1.54) is 36.6 Å². The molecule has 0 aliphatic heterocycles. The smallest absolute Gasteiger partial charge is 0.194 e. The van der Waals surface area contributed by atoms with Crippen molar-refractivity contribution < 1.29 is 4.42 Å². The lowest BCUT2D eigenvalue weighted by Crippen LogP contribution is -2.15. The minimum absolute atomic E-state index is 0.633. The Morgan fingerprint density at radius 1 is 0.857 bits per heavy atom. The van der Waals surface area contributed by atoms with E-state index in [1.54, 1.807) is 6.26 Å². The van der Waals surface area contributed by atoms with Crippen molar-refractivity contribution in [1.29, 1.82) is 0 Å². The summed E-state index contributed by atoms with van der Waals surface area (Å²) in [6.45, 7) is 0. The standard InChI is InChI=1S/C25H24N2O/c1-2-6-20(7-3-1)24-17-28-25(27-24)16-18-10-12-19(13-11-18)21-14-15-26-23-9-5-4-8-22(21)23/h1-9,14-15,17-19H,10-13,16H2. The van der Waals surface area contributed by atoms with E-state index in [2.05, 4.69) is 47.4 Å². The molecule has 4 aromatic rings. The van der Waals surface area contributed by atoms with Crippen LogP contribution in [0, 0.1) is 5.92 Å². The summed E-state index contributed by atoms with van der Waals surface area (Å²) in [6, 6.07) is 21.0. The molecule has 1 aliphatic rings. The Bertz CT molecular complexity index is 1060. The van der Waals surface area contributed by atoms with Crippen LogP contribution in [0.2, 0.25) is 0 Å². The van der Waals surface area contributed by atoms with Crippen molar-refractivity contribution in [2.45, 2.75) is 38.0 Å². The maximum Gasteiger partial charge on any atom is 0.194 e. The summed E-state index contributed by atoms with van der Waals surface area (Å²) in [4.78, 5) is 9.23. The Hall–Kier alpha value is -2.94. The van der Waals surface area contributed by atoms with Gasteiger partial charge in [0.25, 0.3) is 0 Å². The third kappa shape index (κ3) is 3.45. The van der Waals surface area contributed by atoms with Crippen molar-refractivity contribution >= 4 is 10.9 Å². The maximum atomic E-state index is 5.77. The molecule has 0 radical (unpaired) electrons. The molecule has 140 valence electrons. The van der Waals surface area contributed by atoms with Gasteiger partial charge in [0, 0.05) is 23.6 Å². The van der Waals surface area contributed by atoms with Crippen LogP contribution < -0.4 is 0 Å². The molecule has 2 heterocycles. The predicted molar refractivity (Wildman–Crippen MR) is 112 cm³/mol. The molecule has 3 heteroatoms. The third-order valence-corrected chi connectivity index (χ3v) is 6.05. The van der Waals surface area contributed by atoms with E-state index in [0.717, 1.165) is 29.1 Å². The average molecular weight is 368 g/mol. The lowest BCUT2D eigenvalue weighted by atomic mass is 9.77. The van der Waals surface area contributed by atoms with Crippen LogP contribution in [0.3, 0.4) is 0 Å². The molecular weight excluding hydrogens is 344 g/mol. The number of benzene rings is 2. The second-order valence-electron chi connectivity index (χ2n) is 7.83. The monoisotopic (exact) mass is 368 g/mol. The largest absolute Gasteiger partial charge is 0.448 e. The molecule has 5 rings (SSSR count). The van der Waals surface area contributed by atoms with E-state index >= 15 is 0 Å². The van der Waals surface area contributed by atoms with Gasteiger partial charge in [-0.15, -0.1) is 0 Å². The number of pyridine rings is 1. The van der Waals surface area contributed by atoms with Crippen molar-refractivity contribution in [2.24, 2.45) is 5.92 Å². The maximum absolute atomic E-state index is 5.77. The van der Waals surface area contributed by atoms with Crippen molar-refractivity contribution in [3.05, 3.63) is 84.6 Å². The number of oxazole rings is 1. The van der Waals surface area contributed by atoms with Gasteiger partial charge in [-0.1, -0.05) is 48.5 Å². The van der Waals surface area contributed by atoms with Crippen molar-refractivity contribution in [1.82, 2.24) is 9.97 Å². The zero-order valence-corrected chi connectivity index (χ0v) is 15.9. The topological polar surface area (TPSA) is 38.9 Å². The fourth-order valence-electron chi connectivity index (χ4n) is 4.54. The molecule has 0 N–H and O–H groups in total. The first-order valence-corrected chi connectivity index (χ1v) is 10.2. The van der Waals surface area contributed by atoms with Crippen molar-refractivity contribution in [3.8, 4) is 11.3 Å². The summed E-state index contributed by atoms with van der Waals surface area (Å²) in [5, 5.41) is 1.31. The SMILES string of the molecule is c1ccc(-c2coc(CC3CCC(c4ccnc5ccccc45)CC3)n2)cc1. The van der Waals surface area contributed by atoms with E-state index in [0.29, 0.717) is 11.8 Å². The highest BCUT2D eigenvalue weighted by atomic mass is 16.3. The molecule has 1 saturated carbocycles. The van der Waals surface area contributed by atoms with E-state index in [1.807, 2.05) is 24.4 Å². The van der Waals surface area contributed by atoms with Crippen LogP contribution in [-0.4, -0.2) is 9.97 Å². The van der Waals surface area contributed by atoms with E-state index < -0.39 is 0 Å². The molecule has 2 aromatic heterocycles. The summed E-state index contributed by atoms with van der Waals surface area (Å²) in [5.74, 6) is 2.16.